The van der Waals surface area contributed by atoms with E-state index in [0.717, 1.165) is 19.0 Å². The van der Waals surface area contributed by atoms with Crippen molar-refractivity contribution < 1.29 is 12.8 Å². The third kappa shape index (κ3) is 3.71. The van der Waals surface area contributed by atoms with Crippen molar-refractivity contribution in [2.75, 3.05) is 26.7 Å². The second-order valence-electron chi connectivity index (χ2n) is 4.65. The van der Waals surface area contributed by atoms with Gasteiger partial charge in [-0.15, -0.1) is 12.4 Å². The third-order valence-electron chi connectivity index (χ3n) is 3.25. The summed E-state index contributed by atoms with van der Waals surface area (Å²) in [6, 6.07) is 3.97. The van der Waals surface area contributed by atoms with E-state index in [1.165, 1.54) is 16.4 Å². The molecule has 0 bridgehead atoms. The van der Waals surface area contributed by atoms with E-state index >= 15 is 0 Å². The third-order valence-corrected chi connectivity index (χ3v) is 5.63. The van der Waals surface area contributed by atoms with Crippen LogP contribution in [-0.4, -0.2) is 39.4 Å². The Morgan fingerprint density at radius 2 is 2.20 bits per heavy atom. The fourth-order valence-corrected chi connectivity index (χ4v) is 4.42. The first-order valence-electron chi connectivity index (χ1n) is 6.05. The van der Waals surface area contributed by atoms with E-state index in [4.69, 9.17) is 0 Å². The van der Waals surface area contributed by atoms with Crippen molar-refractivity contribution in [1.29, 1.82) is 0 Å². The number of nitrogens with one attached hydrogen (secondary N) is 1. The van der Waals surface area contributed by atoms with Crippen LogP contribution in [0.1, 0.15) is 6.42 Å². The van der Waals surface area contributed by atoms with Crippen molar-refractivity contribution in [1.82, 2.24) is 9.62 Å². The summed E-state index contributed by atoms with van der Waals surface area (Å²) < 4.78 is 40.4. The maximum Gasteiger partial charge on any atom is 0.246 e. The molecule has 1 saturated heterocycles. The highest BCUT2D eigenvalue weighted by molar-refractivity contribution is 9.10. The van der Waals surface area contributed by atoms with E-state index in [1.54, 1.807) is 0 Å². The van der Waals surface area contributed by atoms with Crippen LogP contribution in [0.3, 0.4) is 0 Å². The highest BCUT2D eigenvalue weighted by Gasteiger charge is 2.33. The molecular weight excluding hydrogens is 371 g/mol. The molecule has 1 unspecified atom stereocenters. The lowest BCUT2D eigenvalue weighted by atomic mass is 10.1. The second-order valence-corrected chi connectivity index (χ2v) is 7.47. The van der Waals surface area contributed by atoms with E-state index in [-0.39, 0.29) is 23.2 Å². The summed E-state index contributed by atoms with van der Waals surface area (Å²) in [6.45, 7) is 1.66. The largest absolute Gasteiger partial charge is 0.319 e. The molecule has 1 heterocycles. The Hall–Kier alpha value is -0.210. The van der Waals surface area contributed by atoms with Gasteiger partial charge >= 0.3 is 0 Å². The van der Waals surface area contributed by atoms with Gasteiger partial charge < -0.3 is 5.32 Å². The average Bonchev–Trinajstić information content (AvgIpc) is 2.82. The van der Waals surface area contributed by atoms with Crippen LogP contribution in [-0.2, 0) is 10.0 Å². The summed E-state index contributed by atoms with van der Waals surface area (Å²) in [4.78, 5) is -0.257. The first kappa shape index (κ1) is 17.8. The van der Waals surface area contributed by atoms with Gasteiger partial charge in [0.2, 0.25) is 10.0 Å². The number of sulfonamides is 1. The Labute approximate surface area is 133 Å². The smallest absolute Gasteiger partial charge is 0.246 e. The predicted molar refractivity (Wildman–Crippen MR) is 82.1 cm³/mol. The van der Waals surface area contributed by atoms with Crippen LogP contribution in [0.5, 0.6) is 0 Å². The van der Waals surface area contributed by atoms with Crippen LogP contribution in [0.2, 0.25) is 0 Å². The summed E-state index contributed by atoms with van der Waals surface area (Å²) in [5.41, 5.74) is 0. The van der Waals surface area contributed by atoms with Crippen molar-refractivity contribution in [3.8, 4) is 0 Å². The number of halogens is 3. The monoisotopic (exact) mass is 386 g/mol. The zero-order valence-corrected chi connectivity index (χ0v) is 14.2. The maximum atomic E-state index is 13.7. The molecule has 4 nitrogen and oxygen atoms in total. The van der Waals surface area contributed by atoms with E-state index in [2.05, 4.69) is 21.2 Å². The minimum absolute atomic E-state index is 0. The quantitative estimate of drug-likeness (QED) is 0.862. The molecule has 1 aliphatic rings. The van der Waals surface area contributed by atoms with Gasteiger partial charge in [0.05, 0.1) is 0 Å². The molecule has 0 aromatic heterocycles. The molecule has 1 atom stereocenters. The van der Waals surface area contributed by atoms with Gasteiger partial charge in [-0.25, -0.2) is 12.8 Å². The Morgan fingerprint density at radius 1 is 1.50 bits per heavy atom. The molecule has 0 saturated carbocycles. The second kappa shape index (κ2) is 7.17. The minimum atomic E-state index is -3.74. The molecule has 114 valence electrons. The summed E-state index contributed by atoms with van der Waals surface area (Å²) in [5.74, 6) is -0.421. The van der Waals surface area contributed by atoms with Crippen LogP contribution in [0.15, 0.2) is 27.6 Å². The lowest BCUT2D eigenvalue weighted by Gasteiger charge is -2.17. The van der Waals surface area contributed by atoms with Gasteiger partial charge in [0, 0.05) is 17.6 Å². The average molecular weight is 388 g/mol. The number of benzene rings is 1. The molecular formula is C12H17BrClFN2O2S. The van der Waals surface area contributed by atoms with Crippen molar-refractivity contribution in [2.45, 2.75) is 11.3 Å². The predicted octanol–water partition coefficient (Wildman–Crippen LogP) is 2.24. The molecule has 0 radical (unpaired) electrons. The van der Waals surface area contributed by atoms with Crippen molar-refractivity contribution in [2.24, 2.45) is 5.92 Å². The molecule has 1 N–H and O–H groups in total. The van der Waals surface area contributed by atoms with Gasteiger partial charge in [-0.1, -0.05) is 15.9 Å². The summed E-state index contributed by atoms with van der Waals surface area (Å²) >= 11 is 3.17. The van der Waals surface area contributed by atoms with E-state index in [0.29, 0.717) is 17.6 Å². The van der Waals surface area contributed by atoms with E-state index < -0.39 is 15.8 Å². The van der Waals surface area contributed by atoms with Crippen LogP contribution in [0, 0.1) is 11.7 Å². The first-order valence-corrected chi connectivity index (χ1v) is 8.28. The molecule has 8 heteroatoms. The Morgan fingerprint density at radius 3 is 2.85 bits per heavy atom. The standard InChI is InChI=1S/C12H16BrFN2O2S.ClH/c1-15-7-9-4-5-16(8-9)19(17,18)12-6-10(13)2-3-11(12)14;/h2-3,6,9,15H,4-5,7-8H2,1H3;1H. The molecule has 1 fully saturated rings. The summed E-state index contributed by atoms with van der Waals surface area (Å²) in [5, 5.41) is 3.04. The highest BCUT2D eigenvalue weighted by atomic mass is 79.9. The van der Waals surface area contributed by atoms with E-state index in [9.17, 15) is 12.8 Å². The topological polar surface area (TPSA) is 49.4 Å². The van der Waals surface area contributed by atoms with Gasteiger partial charge in [-0.2, -0.15) is 4.31 Å². The molecule has 0 amide bonds. The van der Waals surface area contributed by atoms with Crippen LogP contribution in [0.4, 0.5) is 4.39 Å². The maximum absolute atomic E-state index is 13.7. The molecule has 0 aliphatic carbocycles. The molecule has 20 heavy (non-hydrogen) atoms. The van der Waals surface area contributed by atoms with Crippen molar-refractivity contribution >= 4 is 38.4 Å². The molecule has 1 aromatic rings. The number of nitrogens with zero attached hydrogens (tertiary/aromatic N) is 1. The van der Waals surface area contributed by atoms with Gasteiger partial charge in [0.25, 0.3) is 0 Å². The van der Waals surface area contributed by atoms with Crippen molar-refractivity contribution in [3.63, 3.8) is 0 Å². The lowest BCUT2D eigenvalue weighted by Crippen LogP contribution is -2.31. The zero-order valence-electron chi connectivity index (χ0n) is 11.0. The first-order chi connectivity index (χ1) is 8.95. The van der Waals surface area contributed by atoms with Gasteiger partial charge in [0.15, 0.2) is 0 Å². The number of rotatable bonds is 4. The normalized spacial score (nSPS) is 19.9. The molecule has 1 aromatic carbocycles. The van der Waals surface area contributed by atoms with Crippen LogP contribution < -0.4 is 5.32 Å². The molecule has 0 spiro atoms. The fraction of sp³-hybridized carbons (Fsp3) is 0.500. The minimum Gasteiger partial charge on any atom is -0.319 e. The van der Waals surface area contributed by atoms with E-state index in [1.807, 2.05) is 7.05 Å². The number of hydrogen-bond donors (Lipinski definition) is 1. The lowest BCUT2D eigenvalue weighted by molar-refractivity contribution is 0.446. The van der Waals surface area contributed by atoms with Gasteiger partial charge in [-0.3, -0.25) is 0 Å². The highest BCUT2D eigenvalue weighted by Crippen LogP contribution is 2.27. The van der Waals surface area contributed by atoms with Crippen LogP contribution in [0.25, 0.3) is 0 Å². The number of hydrogen-bond acceptors (Lipinski definition) is 3. The molecule has 2 rings (SSSR count). The zero-order chi connectivity index (χ0) is 14.0. The fourth-order valence-electron chi connectivity index (χ4n) is 2.28. The Bertz CT molecular complexity index is 571. The summed E-state index contributed by atoms with van der Waals surface area (Å²) in [7, 11) is -1.90. The molecule has 1 aliphatic heterocycles. The van der Waals surface area contributed by atoms with Crippen LogP contribution >= 0.6 is 28.3 Å². The summed E-state index contributed by atoms with van der Waals surface area (Å²) in [6.07, 6.45) is 0.801. The van der Waals surface area contributed by atoms with Gasteiger partial charge in [-0.05, 0) is 44.1 Å². The Kier molecular flexibility index (Phi) is 6.40. The SMILES string of the molecule is CNCC1CCN(S(=O)(=O)c2cc(Br)ccc2F)C1.Cl. The van der Waals surface area contributed by atoms with Crippen molar-refractivity contribution in [3.05, 3.63) is 28.5 Å². The Balaban J connectivity index is 0.00000200. The van der Waals surface area contributed by atoms with Gasteiger partial charge in [0.1, 0.15) is 10.7 Å².